The van der Waals surface area contributed by atoms with E-state index in [1.165, 1.54) is 11.8 Å². The minimum absolute atomic E-state index is 0.260. The molecule has 5 heteroatoms. The highest BCUT2D eigenvalue weighted by Gasteiger charge is 2.10. The average Bonchev–Trinajstić information content (AvgIpc) is 2.26. The van der Waals surface area contributed by atoms with Gasteiger partial charge in [-0.05, 0) is 13.0 Å². The number of hydrogen-bond acceptors (Lipinski definition) is 5. The van der Waals surface area contributed by atoms with Gasteiger partial charge in [0.2, 0.25) is 0 Å². The van der Waals surface area contributed by atoms with Crippen LogP contribution in [0.1, 0.15) is 18.6 Å². The van der Waals surface area contributed by atoms with E-state index < -0.39 is 12.2 Å². The first-order valence-corrected chi connectivity index (χ1v) is 5.68. The predicted octanol–water partition coefficient (Wildman–Crippen LogP) is 0.580. The lowest BCUT2D eigenvalue weighted by Crippen LogP contribution is -2.15. The molecule has 0 aliphatic rings. The number of rotatable bonds is 5. The molecule has 3 N–H and O–H groups in total. The fourth-order valence-corrected chi connectivity index (χ4v) is 2.07. The molecule has 2 atom stereocenters. The summed E-state index contributed by atoms with van der Waals surface area (Å²) in [4.78, 5) is 4.12. The Morgan fingerprint density at radius 1 is 1.47 bits per heavy atom. The summed E-state index contributed by atoms with van der Waals surface area (Å²) in [5.74, 6) is 0.368. The van der Waals surface area contributed by atoms with Crippen molar-refractivity contribution in [1.29, 1.82) is 0 Å². The minimum atomic E-state index is -0.751. The highest BCUT2D eigenvalue weighted by atomic mass is 32.2. The van der Waals surface area contributed by atoms with Crippen LogP contribution in [0.15, 0.2) is 23.4 Å². The second-order valence-electron chi connectivity index (χ2n) is 3.22. The van der Waals surface area contributed by atoms with Crippen molar-refractivity contribution in [2.45, 2.75) is 24.2 Å². The number of aliphatic hydroxyl groups excluding tert-OH is 3. The third kappa shape index (κ3) is 3.79. The molecule has 0 saturated heterocycles. The molecule has 1 aromatic rings. The second kappa shape index (κ2) is 6.07. The molecule has 1 heterocycles. The predicted molar refractivity (Wildman–Crippen MR) is 58.7 cm³/mol. The molecule has 0 radical (unpaired) electrons. The number of aromatic nitrogens is 1. The highest BCUT2D eigenvalue weighted by molar-refractivity contribution is 7.99. The summed E-state index contributed by atoms with van der Waals surface area (Å²) in [6.07, 6.45) is 0.311. The molecule has 4 nitrogen and oxygen atoms in total. The van der Waals surface area contributed by atoms with Crippen LogP contribution in [0.3, 0.4) is 0 Å². The van der Waals surface area contributed by atoms with Gasteiger partial charge < -0.3 is 15.3 Å². The van der Waals surface area contributed by atoms with Gasteiger partial charge in [-0.2, -0.15) is 0 Å². The quantitative estimate of drug-likeness (QED) is 0.644. The molecule has 0 aliphatic heterocycles. The molecule has 0 amide bonds. The zero-order valence-corrected chi connectivity index (χ0v) is 9.31. The standard InChI is InChI=1S/C10H15NO3S/c1-7(13)9-3-2-4-11-10(9)15-6-8(14)5-12/h2-4,7-8,12-14H,5-6H2,1H3/t7-,8?/m0/s1. The summed E-state index contributed by atoms with van der Waals surface area (Å²) in [6.45, 7) is 1.41. The molecule has 0 fully saturated rings. The van der Waals surface area contributed by atoms with E-state index in [0.29, 0.717) is 10.8 Å². The van der Waals surface area contributed by atoms with Crippen LogP contribution in [0.4, 0.5) is 0 Å². The smallest absolute Gasteiger partial charge is 0.102 e. The molecule has 15 heavy (non-hydrogen) atoms. The zero-order chi connectivity index (χ0) is 11.3. The van der Waals surface area contributed by atoms with E-state index in [1.54, 1.807) is 25.3 Å². The molecule has 84 valence electrons. The summed E-state index contributed by atoms with van der Waals surface area (Å²) >= 11 is 1.33. The van der Waals surface area contributed by atoms with Crippen molar-refractivity contribution < 1.29 is 15.3 Å². The Morgan fingerprint density at radius 3 is 2.80 bits per heavy atom. The van der Waals surface area contributed by atoms with Crippen molar-refractivity contribution >= 4 is 11.8 Å². The largest absolute Gasteiger partial charge is 0.394 e. The Balaban J connectivity index is 2.67. The van der Waals surface area contributed by atoms with Crippen molar-refractivity contribution in [3.8, 4) is 0 Å². The first-order chi connectivity index (χ1) is 7.15. The van der Waals surface area contributed by atoms with Gasteiger partial charge in [0.15, 0.2) is 0 Å². The van der Waals surface area contributed by atoms with Crippen LogP contribution in [-0.2, 0) is 0 Å². The molecule has 0 saturated carbocycles. The molecule has 1 rings (SSSR count). The van der Waals surface area contributed by atoms with Crippen LogP contribution >= 0.6 is 11.8 Å². The molecular formula is C10H15NO3S. The maximum atomic E-state index is 9.46. The lowest BCUT2D eigenvalue weighted by Gasteiger charge is -2.11. The van der Waals surface area contributed by atoms with E-state index in [-0.39, 0.29) is 6.61 Å². The fourth-order valence-electron chi connectivity index (χ4n) is 1.07. The van der Waals surface area contributed by atoms with Gasteiger partial charge in [0.25, 0.3) is 0 Å². The molecule has 0 spiro atoms. The lowest BCUT2D eigenvalue weighted by atomic mass is 10.2. The monoisotopic (exact) mass is 229 g/mol. The van der Waals surface area contributed by atoms with Gasteiger partial charge in [0.05, 0.1) is 18.8 Å². The minimum Gasteiger partial charge on any atom is -0.394 e. The Labute approximate surface area is 93.0 Å². The average molecular weight is 229 g/mol. The molecule has 1 aromatic heterocycles. The van der Waals surface area contributed by atoms with E-state index in [1.807, 2.05) is 0 Å². The third-order valence-electron chi connectivity index (χ3n) is 1.87. The molecule has 0 aliphatic carbocycles. The summed E-state index contributed by atoms with van der Waals surface area (Å²) in [5, 5.41) is 28.0. The second-order valence-corrected chi connectivity index (χ2v) is 4.23. The van der Waals surface area contributed by atoms with Gasteiger partial charge in [-0.25, -0.2) is 4.98 Å². The van der Waals surface area contributed by atoms with Crippen molar-refractivity contribution in [3.05, 3.63) is 23.9 Å². The van der Waals surface area contributed by atoms with Gasteiger partial charge in [0, 0.05) is 17.5 Å². The van der Waals surface area contributed by atoms with E-state index in [2.05, 4.69) is 4.98 Å². The normalized spacial score (nSPS) is 14.9. The van der Waals surface area contributed by atoms with Crippen LogP contribution in [-0.4, -0.2) is 38.8 Å². The van der Waals surface area contributed by atoms with Crippen molar-refractivity contribution in [3.63, 3.8) is 0 Å². The van der Waals surface area contributed by atoms with Crippen molar-refractivity contribution in [2.24, 2.45) is 0 Å². The summed E-state index contributed by atoms with van der Waals surface area (Å²) in [5.41, 5.74) is 0.743. The van der Waals surface area contributed by atoms with Crippen LogP contribution in [0, 0.1) is 0 Å². The molecule has 0 aromatic carbocycles. The lowest BCUT2D eigenvalue weighted by molar-refractivity contribution is 0.113. The number of aliphatic hydroxyl groups is 3. The number of pyridine rings is 1. The summed E-state index contributed by atoms with van der Waals surface area (Å²) in [7, 11) is 0. The first-order valence-electron chi connectivity index (χ1n) is 4.70. The molecule has 0 bridgehead atoms. The Kier molecular flexibility index (Phi) is 5.04. The Hall–Kier alpha value is -0.620. The van der Waals surface area contributed by atoms with Gasteiger partial charge in [-0.15, -0.1) is 11.8 Å². The Morgan fingerprint density at radius 2 is 2.20 bits per heavy atom. The van der Waals surface area contributed by atoms with Gasteiger partial charge in [-0.3, -0.25) is 0 Å². The molecule has 1 unspecified atom stereocenters. The van der Waals surface area contributed by atoms with Crippen LogP contribution < -0.4 is 0 Å². The van der Waals surface area contributed by atoms with E-state index in [0.717, 1.165) is 5.56 Å². The number of hydrogen-bond donors (Lipinski definition) is 3. The van der Waals surface area contributed by atoms with Crippen LogP contribution in [0.25, 0.3) is 0 Å². The summed E-state index contributed by atoms with van der Waals surface area (Å²) in [6, 6.07) is 3.56. The van der Waals surface area contributed by atoms with Gasteiger partial charge in [0.1, 0.15) is 5.03 Å². The highest BCUT2D eigenvalue weighted by Crippen LogP contribution is 2.25. The van der Waals surface area contributed by atoms with E-state index in [9.17, 15) is 10.2 Å². The summed E-state index contributed by atoms with van der Waals surface area (Å²) < 4.78 is 0. The number of thioether (sulfide) groups is 1. The van der Waals surface area contributed by atoms with E-state index in [4.69, 9.17) is 5.11 Å². The van der Waals surface area contributed by atoms with Crippen LogP contribution in [0.5, 0.6) is 0 Å². The fraction of sp³-hybridized carbons (Fsp3) is 0.500. The SMILES string of the molecule is C[C@H](O)c1cccnc1SCC(O)CO. The van der Waals surface area contributed by atoms with Gasteiger partial charge >= 0.3 is 0 Å². The van der Waals surface area contributed by atoms with Crippen molar-refractivity contribution in [2.75, 3.05) is 12.4 Å². The number of nitrogens with zero attached hydrogens (tertiary/aromatic N) is 1. The topological polar surface area (TPSA) is 73.6 Å². The van der Waals surface area contributed by atoms with Gasteiger partial charge in [-0.1, -0.05) is 6.07 Å². The maximum Gasteiger partial charge on any atom is 0.102 e. The molecular weight excluding hydrogens is 214 g/mol. The van der Waals surface area contributed by atoms with E-state index >= 15 is 0 Å². The Bertz CT molecular complexity index is 306. The third-order valence-corrected chi connectivity index (χ3v) is 3.04. The first kappa shape index (κ1) is 12.4. The maximum absolute atomic E-state index is 9.46. The zero-order valence-electron chi connectivity index (χ0n) is 8.50. The van der Waals surface area contributed by atoms with Crippen molar-refractivity contribution in [1.82, 2.24) is 4.98 Å². The van der Waals surface area contributed by atoms with Crippen LogP contribution in [0.2, 0.25) is 0 Å².